The molecule has 0 heterocycles. The number of carbonyl (C=O) groups is 3. The Labute approximate surface area is 389 Å². The molecule has 1 atom stereocenters. The molecule has 0 aromatic rings. The third kappa shape index (κ3) is 49.7. The molecule has 0 saturated heterocycles. The molecule has 0 aromatic heterocycles. The molecule has 0 fully saturated rings. The summed E-state index contributed by atoms with van der Waals surface area (Å²) in [7, 11) is 0. The minimum atomic E-state index is -0.775. The second-order valence-corrected chi connectivity index (χ2v) is 17.4. The molecule has 0 spiro atoms. The zero-order chi connectivity index (χ0) is 45.8. The molecule has 63 heavy (non-hydrogen) atoms. The Hall–Kier alpha value is -3.15. The van der Waals surface area contributed by atoms with Gasteiger partial charge in [-0.25, -0.2) is 0 Å². The zero-order valence-corrected chi connectivity index (χ0v) is 41.3. The third-order valence-corrected chi connectivity index (χ3v) is 11.2. The number of esters is 3. The number of allylic oxidation sites excluding steroid dienone is 12. The summed E-state index contributed by atoms with van der Waals surface area (Å²) in [5.41, 5.74) is 0. The molecule has 0 aliphatic heterocycles. The minimum absolute atomic E-state index is 0.0778. The first-order valence-electron chi connectivity index (χ1n) is 26.4. The van der Waals surface area contributed by atoms with Crippen molar-refractivity contribution in [3.63, 3.8) is 0 Å². The van der Waals surface area contributed by atoms with E-state index in [1.807, 2.05) is 0 Å². The molecule has 0 aliphatic rings. The number of carbonyl (C=O) groups excluding carboxylic acids is 3. The van der Waals surface area contributed by atoms with Crippen LogP contribution in [0.4, 0.5) is 0 Å². The van der Waals surface area contributed by atoms with Crippen molar-refractivity contribution in [3.8, 4) is 0 Å². The van der Waals surface area contributed by atoms with Crippen LogP contribution in [0.25, 0.3) is 0 Å². The Morgan fingerprint density at radius 3 is 0.968 bits per heavy atom. The van der Waals surface area contributed by atoms with Crippen molar-refractivity contribution in [3.05, 3.63) is 72.9 Å². The van der Waals surface area contributed by atoms with Crippen molar-refractivity contribution in [2.75, 3.05) is 13.2 Å². The first kappa shape index (κ1) is 59.9. The van der Waals surface area contributed by atoms with Gasteiger partial charge in [-0.15, -0.1) is 0 Å². The van der Waals surface area contributed by atoms with Gasteiger partial charge in [0.1, 0.15) is 13.2 Å². The van der Waals surface area contributed by atoms with Crippen molar-refractivity contribution in [1.29, 1.82) is 0 Å². The summed E-state index contributed by atoms with van der Waals surface area (Å²) in [6, 6.07) is 0. The molecule has 6 nitrogen and oxygen atoms in total. The molecule has 0 aliphatic carbocycles. The molecule has 0 rings (SSSR count). The lowest BCUT2D eigenvalue weighted by atomic mass is 10.0. The van der Waals surface area contributed by atoms with Gasteiger partial charge in [0.05, 0.1) is 0 Å². The van der Waals surface area contributed by atoms with Crippen molar-refractivity contribution in [2.45, 2.75) is 258 Å². The van der Waals surface area contributed by atoms with E-state index in [0.717, 1.165) is 103 Å². The molecule has 0 aromatic carbocycles. The maximum absolute atomic E-state index is 12.7. The molecule has 362 valence electrons. The van der Waals surface area contributed by atoms with Gasteiger partial charge in [0.25, 0.3) is 0 Å². The smallest absolute Gasteiger partial charge is 0.306 e. The zero-order valence-electron chi connectivity index (χ0n) is 41.3. The van der Waals surface area contributed by atoms with E-state index in [9.17, 15) is 14.4 Å². The Morgan fingerprint density at radius 1 is 0.333 bits per heavy atom. The molecule has 0 N–H and O–H groups in total. The normalized spacial score (nSPS) is 12.6. The van der Waals surface area contributed by atoms with Gasteiger partial charge in [-0.05, 0) is 70.6 Å². The fourth-order valence-electron chi connectivity index (χ4n) is 7.27. The van der Waals surface area contributed by atoms with Gasteiger partial charge in [-0.1, -0.05) is 235 Å². The topological polar surface area (TPSA) is 78.9 Å². The van der Waals surface area contributed by atoms with Crippen LogP contribution in [0.1, 0.15) is 252 Å². The van der Waals surface area contributed by atoms with Gasteiger partial charge in [-0.3, -0.25) is 14.4 Å². The summed E-state index contributed by atoms with van der Waals surface area (Å²) < 4.78 is 16.7. The van der Waals surface area contributed by atoms with Gasteiger partial charge in [-0.2, -0.15) is 0 Å². The monoisotopic (exact) mass is 879 g/mol. The Kier molecular flexibility index (Phi) is 48.9. The average Bonchev–Trinajstić information content (AvgIpc) is 3.28. The molecule has 0 radical (unpaired) electrons. The van der Waals surface area contributed by atoms with Gasteiger partial charge in [0.2, 0.25) is 0 Å². The maximum Gasteiger partial charge on any atom is 0.306 e. The highest BCUT2D eigenvalue weighted by molar-refractivity contribution is 5.71. The highest BCUT2D eigenvalue weighted by Crippen LogP contribution is 2.15. The lowest BCUT2D eigenvalue weighted by molar-refractivity contribution is -0.167. The van der Waals surface area contributed by atoms with Crippen LogP contribution in [0, 0.1) is 0 Å². The van der Waals surface area contributed by atoms with E-state index in [0.29, 0.717) is 19.3 Å². The third-order valence-electron chi connectivity index (χ3n) is 11.2. The Morgan fingerprint density at radius 2 is 0.619 bits per heavy atom. The molecular weight excluding hydrogens is 781 g/mol. The first-order chi connectivity index (χ1) is 31.0. The highest BCUT2D eigenvalue weighted by Gasteiger charge is 2.19. The van der Waals surface area contributed by atoms with Crippen LogP contribution in [0.5, 0.6) is 0 Å². The summed E-state index contributed by atoms with van der Waals surface area (Å²) in [6.45, 7) is 6.47. The first-order valence-corrected chi connectivity index (χ1v) is 26.4. The predicted molar refractivity (Wildman–Crippen MR) is 270 cm³/mol. The number of hydrogen-bond acceptors (Lipinski definition) is 6. The van der Waals surface area contributed by atoms with Gasteiger partial charge < -0.3 is 14.2 Å². The van der Waals surface area contributed by atoms with E-state index < -0.39 is 6.10 Å². The molecule has 1 unspecified atom stereocenters. The maximum atomic E-state index is 12.7. The van der Waals surface area contributed by atoms with Crippen LogP contribution < -0.4 is 0 Å². The van der Waals surface area contributed by atoms with Crippen LogP contribution in [-0.4, -0.2) is 37.2 Å². The lowest BCUT2D eigenvalue weighted by Crippen LogP contribution is -2.30. The van der Waals surface area contributed by atoms with Crippen LogP contribution in [0.2, 0.25) is 0 Å². The number of ether oxygens (including phenoxy) is 3. The summed E-state index contributed by atoms with van der Waals surface area (Å²) in [5, 5.41) is 0. The van der Waals surface area contributed by atoms with E-state index in [1.165, 1.54) is 109 Å². The minimum Gasteiger partial charge on any atom is -0.462 e. The fourth-order valence-corrected chi connectivity index (χ4v) is 7.27. The van der Waals surface area contributed by atoms with Crippen molar-refractivity contribution in [2.24, 2.45) is 0 Å². The van der Waals surface area contributed by atoms with Crippen molar-refractivity contribution >= 4 is 17.9 Å². The summed E-state index contributed by atoms with van der Waals surface area (Å²) in [4.78, 5) is 37.8. The summed E-state index contributed by atoms with van der Waals surface area (Å²) in [6.07, 6.45) is 64.7. The second-order valence-electron chi connectivity index (χ2n) is 17.4. The average molecular weight is 879 g/mol. The van der Waals surface area contributed by atoms with Crippen molar-refractivity contribution in [1.82, 2.24) is 0 Å². The van der Waals surface area contributed by atoms with Gasteiger partial charge >= 0.3 is 17.9 Å². The summed E-state index contributed by atoms with van der Waals surface area (Å²) >= 11 is 0. The molecule has 0 amide bonds. The molecule has 0 saturated carbocycles. The number of unbranched alkanes of at least 4 members (excludes halogenated alkanes) is 24. The standard InChI is InChI=1S/C57H98O6/c1-4-7-10-13-16-18-20-22-23-24-25-26-27-28-29-30-31-32-33-35-36-38-41-44-47-50-56(59)62-53-54(52-61-55(58)49-46-43-40-15-12-9-6-3)63-57(60)51-48-45-42-39-37-34-21-19-17-14-11-8-5-2/h7,10,16,18,22-23,25-26,28-29,31-32,54H,4-6,8-9,11-15,17,19-21,24,27,30,33-53H2,1-3H3/b10-7-,18-16-,23-22-,26-25-,29-28-,32-31-. The van der Waals surface area contributed by atoms with E-state index >= 15 is 0 Å². The highest BCUT2D eigenvalue weighted by atomic mass is 16.6. The lowest BCUT2D eigenvalue weighted by Gasteiger charge is -2.18. The predicted octanol–water partition coefficient (Wildman–Crippen LogP) is 17.4. The van der Waals surface area contributed by atoms with E-state index in [1.54, 1.807) is 0 Å². The SMILES string of the molecule is CC/C=C\C/C=C\C/C=C\C/C=C\C/C=C\C/C=C\CCCCCCCCC(=O)OCC(COC(=O)CCCCCCCCC)OC(=O)CCCCCCCCCCCCCCC. The molecule has 6 heteroatoms. The largest absolute Gasteiger partial charge is 0.462 e. The van der Waals surface area contributed by atoms with Gasteiger partial charge in [0.15, 0.2) is 6.10 Å². The fraction of sp³-hybridized carbons (Fsp3) is 0.737. The Bertz CT molecular complexity index is 1190. The summed E-state index contributed by atoms with van der Waals surface area (Å²) in [5.74, 6) is -0.896. The van der Waals surface area contributed by atoms with Crippen molar-refractivity contribution < 1.29 is 28.6 Å². The number of rotatable bonds is 47. The second kappa shape index (κ2) is 51.5. The van der Waals surface area contributed by atoms with Crippen LogP contribution in [0.15, 0.2) is 72.9 Å². The van der Waals surface area contributed by atoms with E-state index in [2.05, 4.69) is 93.7 Å². The van der Waals surface area contributed by atoms with Crippen LogP contribution >= 0.6 is 0 Å². The van der Waals surface area contributed by atoms with Gasteiger partial charge in [0, 0.05) is 19.3 Å². The number of hydrogen-bond donors (Lipinski definition) is 0. The Balaban J connectivity index is 4.22. The van der Waals surface area contributed by atoms with E-state index in [4.69, 9.17) is 14.2 Å². The van der Waals surface area contributed by atoms with Crippen LogP contribution in [-0.2, 0) is 28.6 Å². The van der Waals surface area contributed by atoms with Crippen LogP contribution in [0.3, 0.4) is 0 Å². The molecular formula is C57H98O6. The molecule has 0 bridgehead atoms. The quantitative estimate of drug-likeness (QED) is 0.0262. The van der Waals surface area contributed by atoms with E-state index in [-0.39, 0.29) is 31.1 Å².